The maximum atomic E-state index is 5.65. The third kappa shape index (κ3) is 3.13. The second-order valence-electron chi connectivity index (χ2n) is 3.60. The van der Waals surface area contributed by atoms with Crippen LogP contribution in [0.4, 0.5) is 0 Å². The highest BCUT2D eigenvalue weighted by Gasteiger charge is 2.13. The molecular weight excluding hydrogens is 182 g/mol. The van der Waals surface area contributed by atoms with Gasteiger partial charge in [-0.1, -0.05) is 56.1 Å². The van der Waals surface area contributed by atoms with Crippen molar-refractivity contribution in [2.75, 3.05) is 0 Å². The Morgan fingerprint density at radius 2 is 1.87 bits per heavy atom. The lowest BCUT2D eigenvalue weighted by Gasteiger charge is -2.17. The molecule has 0 saturated heterocycles. The highest BCUT2D eigenvalue weighted by molar-refractivity contribution is 5.33. The summed E-state index contributed by atoms with van der Waals surface area (Å²) < 4.78 is 0. The van der Waals surface area contributed by atoms with Gasteiger partial charge in [0.15, 0.2) is 0 Å². The van der Waals surface area contributed by atoms with Crippen molar-refractivity contribution < 1.29 is 0 Å². The van der Waals surface area contributed by atoms with Crippen molar-refractivity contribution in [3.8, 4) is 0 Å². The normalized spacial score (nSPS) is 11.7. The van der Waals surface area contributed by atoms with Crippen LogP contribution in [-0.2, 0) is 0 Å². The third-order valence-corrected chi connectivity index (χ3v) is 2.38. The molecule has 1 nitrogen and oxygen atoms in total. The molecule has 0 spiro atoms. The average molecular weight is 199 g/mol. The summed E-state index contributed by atoms with van der Waals surface area (Å²) in [5.74, 6) is 0.196. The Morgan fingerprint density at radius 1 is 1.27 bits per heavy atom. The molecule has 15 heavy (non-hydrogen) atoms. The number of allylic oxidation sites excluding steroid dienone is 3. The first-order valence-electron chi connectivity index (χ1n) is 4.94. The second-order valence-corrected chi connectivity index (χ2v) is 3.60. The Hall–Kier alpha value is -1.76. The summed E-state index contributed by atoms with van der Waals surface area (Å²) in [7, 11) is 0. The van der Waals surface area contributed by atoms with Crippen molar-refractivity contribution in [1.29, 1.82) is 0 Å². The summed E-state index contributed by atoms with van der Waals surface area (Å²) in [5.41, 5.74) is 8.51. The third-order valence-electron chi connectivity index (χ3n) is 2.38. The molecule has 0 fully saturated rings. The van der Waals surface area contributed by atoms with Crippen LogP contribution >= 0.6 is 0 Å². The van der Waals surface area contributed by atoms with Gasteiger partial charge in [-0.2, -0.15) is 0 Å². The molecule has 0 bridgehead atoms. The minimum absolute atomic E-state index is 0.196. The molecule has 1 rings (SSSR count). The predicted molar refractivity (Wildman–Crippen MR) is 66.5 cm³/mol. The Balaban J connectivity index is 2.96. The fourth-order valence-electron chi connectivity index (χ4n) is 1.55. The Bertz CT molecular complexity index is 362. The molecule has 1 aromatic carbocycles. The number of hydrogen-bond donors (Lipinski definition) is 1. The molecule has 0 saturated carbocycles. The van der Waals surface area contributed by atoms with Gasteiger partial charge >= 0.3 is 0 Å². The molecule has 1 heteroatoms. The van der Waals surface area contributed by atoms with Crippen LogP contribution in [0.25, 0.3) is 0 Å². The predicted octanol–water partition coefficient (Wildman–Crippen LogP) is 3.37. The first-order chi connectivity index (χ1) is 7.15. The first kappa shape index (κ1) is 11.3. The van der Waals surface area contributed by atoms with Gasteiger partial charge in [-0.05, 0) is 17.6 Å². The zero-order valence-corrected chi connectivity index (χ0v) is 8.95. The lowest BCUT2D eigenvalue weighted by atomic mass is 9.88. The van der Waals surface area contributed by atoms with Crippen LogP contribution in [0.3, 0.4) is 0 Å². The number of hydrogen-bond acceptors (Lipinski definition) is 1. The molecule has 2 N–H and O–H groups in total. The van der Waals surface area contributed by atoms with Gasteiger partial charge in [-0.15, -0.1) is 0 Å². The summed E-state index contributed by atoms with van der Waals surface area (Å²) in [6, 6.07) is 10.2. The quantitative estimate of drug-likeness (QED) is 0.723. The second kappa shape index (κ2) is 5.20. The average Bonchev–Trinajstić information content (AvgIpc) is 2.26. The monoisotopic (exact) mass is 199 g/mol. The van der Waals surface area contributed by atoms with E-state index in [1.165, 1.54) is 5.56 Å². The smallest absolute Gasteiger partial charge is 0.0137 e. The highest BCUT2D eigenvalue weighted by atomic mass is 14.6. The Kier molecular flexibility index (Phi) is 3.92. The maximum absolute atomic E-state index is 5.65. The van der Waals surface area contributed by atoms with Crippen molar-refractivity contribution in [3.63, 3.8) is 0 Å². The van der Waals surface area contributed by atoms with Crippen molar-refractivity contribution in [2.45, 2.75) is 12.3 Å². The van der Waals surface area contributed by atoms with Crippen molar-refractivity contribution in [1.82, 2.24) is 0 Å². The summed E-state index contributed by atoms with van der Waals surface area (Å²) in [6.07, 6.45) is 2.50. The minimum Gasteiger partial charge on any atom is -0.402 e. The molecule has 1 unspecified atom stereocenters. The van der Waals surface area contributed by atoms with Crippen LogP contribution in [0.15, 0.2) is 67.4 Å². The van der Waals surface area contributed by atoms with E-state index in [0.717, 1.165) is 12.0 Å². The van der Waals surface area contributed by atoms with E-state index in [2.05, 4.69) is 31.9 Å². The largest absolute Gasteiger partial charge is 0.402 e. The van der Waals surface area contributed by atoms with Crippen molar-refractivity contribution >= 4 is 0 Å². The van der Waals surface area contributed by atoms with E-state index < -0.39 is 0 Å². The van der Waals surface area contributed by atoms with Crippen LogP contribution in [0.2, 0.25) is 0 Å². The number of rotatable bonds is 5. The van der Waals surface area contributed by atoms with E-state index in [0.29, 0.717) is 5.70 Å². The van der Waals surface area contributed by atoms with Crippen LogP contribution in [0, 0.1) is 0 Å². The van der Waals surface area contributed by atoms with Gasteiger partial charge in [0.05, 0.1) is 0 Å². The van der Waals surface area contributed by atoms with Crippen LogP contribution in [-0.4, -0.2) is 0 Å². The number of benzene rings is 1. The summed E-state index contributed by atoms with van der Waals surface area (Å²) >= 11 is 0. The van der Waals surface area contributed by atoms with E-state index in [9.17, 15) is 0 Å². The fraction of sp³-hybridized carbons (Fsp3) is 0.143. The van der Waals surface area contributed by atoms with Crippen LogP contribution < -0.4 is 5.73 Å². The van der Waals surface area contributed by atoms with E-state index in [-0.39, 0.29) is 5.92 Å². The first-order valence-corrected chi connectivity index (χ1v) is 4.94. The molecular formula is C14H17N. The summed E-state index contributed by atoms with van der Waals surface area (Å²) in [6.45, 7) is 11.5. The Morgan fingerprint density at radius 3 is 2.33 bits per heavy atom. The van der Waals surface area contributed by atoms with Gasteiger partial charge in [0, 0.05) is 11.6 Å². The van der Waals surface area contributed by atoms with Gasteiger partial charge < -0.3 is 5.73 Å². The van der Waals surface area contributed by atoms with Gasteiger partial charge in [0.1, 0.15) is 0 Å². The molecule has 1 aromatic rings. The molecule has 0 amide bonds. The molecule has 0 heterocycles. The summed E-state index contributed by atoms with van der Waals surface area (Å²) in [4.78, 5) is 0. The van der Waals surface area contributed by atoms with E-state index in [1.54, 1.807) is 6.08 Å². The van der Waals surface area contributed by atoms with Crippen LogP contribution in [0.1, 0.15) is 17.9 Å². The zero-order valence-electron chi connectivity index (χ0n) is 8.95. The van der Waals surface area contributed by atoms with Gasteiger partial charge in [0.2, 0.25) is 0 Å². The highest BCUT2D eigenvalue weighted by Crippen LogP contribution is 2.28. The summed E-state index contributed by atoms with van der Waals surface area (Å²) in [5, 5.41) is 0. The van der Waals surface area contributed by atoms with Crippen LogP contribution in [0.5, 0.6) is 0 Å². The number of nitrogens with two attached hydrogens (primary N) is 1. The standard InChI is InChI=1S/C14H17N/c1-4-11(2)14(10-12(3)15)13-8-6-5-7-9-13/h4-9,14H,1-3,10,15H2. The van der Waals surface area contributed by atoms with Gasteiger partial charge in [-0.25, -0.2) is 0 Å². The molecule has 1 atom stereocenters. The minimum atomic E-state index is 0.196. The van der Waals surface area contributed by atoms with E-state index in [1.807, 2.05) is 18.2 Å². The lowest BCUT2D eigenvalue weighted by Crippen LogP contribution is -2.06. The SMILES string of the molecule is C=CC(=C)C(CC(=C)N)c1ccccc1. The topological polar surface area (TPSA) is 26.0 Å². The fourth-order valence-corrected chi connectivity index (χ4v) is 1.55. The van der Waals surface area contributed by atoms with Gasteiger partial charge in [0.25, 0.3) is 0 Å². The molecule has 0 aliphatic carbocycles. The van der Waals surface area contributed by atoms with Crippen molar-refractivity contribution in [3.05, 3.63) is 73.0 Å². The molecule has 78 valence electrons. The molecule has 0 aliphatic heterocycles. The van der Waals surface area contributed by atoms with Gasteiger partial charge in [-0.3, -0.25) is 0 Å². The maximum Gasteiger partial charge on any atom is 0.0137 e. The Labute approximate surface area is 91.6 Å². The molecule has 0 aromatic heterocycles. The van der Waals surface area contributed by atoms with E-state index in [4.69, 9.17) is 5.73 Å². The van der Waals surface area contributed by atoms with E-state index >= 15 is 0 Å². The van der Waals surface area contributed by atoms with Crippen molar-refractivity contribution in [2.24, 2.45) is 5.73 Å². The lowest BCUT2D eigenvalue weighted by molar-refractivity contribution is 0.793. The zero-order chi connectivity index (χ0) is 11.3. The molecule has 0 aliphatic rings. The molecule has 0 radical (unpaired) electrons.